The predicted molar refractivity (Wildman–Crippen MR) is 88.9 cm³/mol. The number of aromatic hydroxyl groups is 1. The van der Waals surface area contributed by atoms with Gasteiger partial charge in [-0.25, -0.2) is 0 Å². The SMILES string of the molecule is CCn1cc(O)c(=O)cc1CN(Cc1ccccc1)C(C)C. The van der Waals surface area contributed by atoms with Gasteiger partial charge in [0.2, 0.25) is 5.43 Å². The summed E-state index contributed by atoms with van der Waals surface area (Å²) in [7, 11) is 0. The van der Waals surface area contributed by atoms with E-state index in [0.29, 0.717) is 12.6 Å². The Balaban J connectivity index is 2.25. The van der Waals surface area contributed by atoms with E-state index in [4.69, 9.17) is 0 Å². The summed E-state index contributed by atoms with van der Waals surface area (Å²) in [6, 6.07) is 12.2. The molecule has 0 fully saturated rings. The first kappa shape index (κ1) is 16.3. The molecule has 4 nitrogen and oxygen atoms in total. The number of pyridine rings is 1. The van der Waals surface area contributed by atoms with Gasteiger partial charge in [0.25, 0.3) is 0 Å². The normalized spacial score (nSPS) is 11.3. The topological polar surface area (TPSA) is 45.5 Å². The number of hydrogen-bond acceptors (Lipinski definition) is 3. The van der Waals surface area contributed by atoms with E-state index in [1.165, 1.54) is 11.8 Å². The number of rotatable bonds is 6. The van der Waals surface area contributed by atoms with Crippen LogP contribution in [-0.4, -0.2) is 20.6 Å². The molecule has 0 aliphatic rings. The third kappa shape index (κ3) is 3.98. The van der Waals surface area contributed by atoms with Crippen molar-refractivity contribution in [1.29, 1.82) is 0 Å². The van der Waals surface area contributed by atoms with Crippen LogP contribution in [0.4, 0.5) is 0 Å². The van der Waals surface area contributed by atoms with E-state index in [0.717, 1.165) is 18.8 Å². The van der Waals surface area contributed by atoms with E-state index in [-0.39, 0.29) is 11.2 Å². The largest absolute Gasteiger partial charge is 0.503 e. The zero-order valence-corrected chi connectivity index (χ0v) is 13.5. The summed E-state index contributed by atoms with van der Waals surface area (Å²) in [5, 5.41) is 9.59. The molecule has 22 heavy (non-hydrogen) atoms. The first-order valence-electron chi connectivity index (χ1n) is 7.71. The average molecular weight is 300 g/mol. The molecule has 0 aliphatic heterocycles. The quantitative estimate of drug-likeness (QED) is 0.892. The maximum absolute atomic E-state index is 11.7. The molecule has 4 heteroatoms. The monoisotopic (exact) mass is 300 g/mol. The van der Waals surface area contributed by atoms with Gasteiger partial charge in [-0.05, 0) is 26.3 Å². The lowest BCUT2D eigenvalue weighted by molar-refractivity contribution is 0.198. The van der Waals surface area contributed by atoms with Gasteiger partial charge in [0.05, 0.1) is 6.20 Å². The van der Waals surface area contributed by atoms with Crippen LogP contribution in [0, 0.1) is 0 Å². The number of benzene rings is 1. The van der Waals surface area contributed by atoms with E-state index in [9.17, 15) is 9.90 Å². The van der Waals surface area contributed by atoms with Crippen LogP contribution in [0.5, 0.6) is 5.75 Å². The Kier molecular flexibility index (Phi) is 5.39. The minimum atomic E-state index is -0.317. The van der Waals surface area contributed by atoms with Crippen LogP contribution in [0.1, 0.15) is 32.0 Å². The second kappa shape index (κ2) is 7.27. The summed E-state index contributed by atoms with van der Waals surface area (Å²) >= 11 is 0. The van der Waals surface area contributed by atoms with Crippen molar-refractivity contribution in [1.82, 2.24) is 9.47 Å². The van der Waals surface area contributed by atoms with Crippen molar-refractivity contribution >= 4 is 0 Å². The molecule has 1 aromatic heterocycles. The average Bonchev–Trinajstić information content (AvgIpc) is 2.50. The van der Waals surface area contributed by atoms with Crippen LogP contribution < -0.4 is 5.43 Å². The molecular weight excluding hydrogens is 276 g/mol. The van der Waals surface area contributed by atoms with Crippen LogP contribution in [0.15, 0.2) is 47.4 Å². The van der Waals surface area contributed by atoms with Crippen molar-refractivity contribution in [2.24, 2.45) is 0 Å². The Bertz CT molecular complexity index is 663. The van der Waals surface area contributed by atoms with Crippen LogP contribution in [0.2, 0.25) is 0 Å². The summed E-state index contributed by atoms with van der Waals surface area (Å²) in [4.78, 5) is 14.0. The molecule has 0 bridgehead atoms. The lowest BCUT2D eigenvalue weighted by Gasteiger charge is -2.28. The highest BCUT2D eigenvalue weighted by Gasteiger charge is 2.14. The lowest BCUT2D eigenvalue weighted by Crippen LogP contribution is -2.31. The third-order valence-electron chi connectivity index (χ3n) is 3.86. The molecule has 118 valence electrons. The van der Waals surface area contributed by atoms with Crippen LogP contribution in [0.25, 0.3) is 0 Å². The van der Waals surface area contributed by atoms with Gasteiger partial charge in [-0.1, -0.05) is 30.3 Å². The minimum Gasteiger partial charge on any atom is -0.503 e. The van der Waals surface area contributed by atoms with E-state index in [2.05, 4.69) is 30.9 Å². The maximum Gasteiger partial charge on any atom is 0.223 e. The van der Waals surface area contributed by atoms with Crippen LogP contribution in [0.3, 0.4) is 0 Å². The highest BCUT2D eigenvalue weighted by Crippen LogP contribution is 2.14. The number of hydrogen-bond donors (Lipinski definition) is 1. The van der Waals surface area contributed by atoms with E-state index in [1.54, 1.807) is 6.07 Å². The molecule has 0 saturated heterocycles. The van der Waals surface area contributed by atoms with Gasteiger partial charge in [0.1, 0.15) is 0 Å². The minimum absolute atomic E-state index is 0.190. The fourth-order valence-corrected chi connectivity index (χ4v) is 2.48. The van der Waals surface area contributed by atoms with E-state index < -0.39 is 0 Å². The molecule has 1 aromatic carbocycles. The molecule has 2 aromatic rings. The predicted octanol–water partition coefficient (Wildman–Crippen LogP) is 2.98. The molecule has 0 saturated carbocycles. The number of nitrogens with zero attached hydrogens (tertiary/aromatic N) is 2. The summed E-state index contributed by atoms with van der Waals surface area (Å²) < 4.78 is 1.93. The van der Waals surface area contributed by atoms with Gasteiger partial charge in [-0.3, -0.25) is 9.69 Å². The van der Waals surface area contributed by atoms with Gasteiger partial charge in [0.15, 0.2) is 5.75 Å². The summed E-state index contributed by atoms with van der Waals surface area (Å²) in [5.41, 5.74) is 1.86. The third-order valence-corrected chi connectivity index (χ3v) is 3.86. The Morgan fingerprint density at radius 1 is 1.18 bits per heavy atom. The standard InChI is InChI=1S/C18H24N2O2/c1-4-19-13-18(22)17(21)10-16(19)12-20(14(2)3)11-15-8-6-5-7-9-15/h5-10,13-14,22H,4,11-12H2,1-3H3. The molecule has 0 atom stereocenters. The molecule has 0 radical (unpaired) electrons. The molecule has 2 rings (SSSR count). The molecular formula is C18H24N2O2. The summed E-state index contributed by atoms with van der Waals surface area (Å²) in [6.07, 6.45) is 1.53. The molecule has 0 aliphatic carbocycles. The van der Waals surface area contributed by atoms with Gasteiger partial charge >= 0.3 is 0 Å². The van der Waals surface area contributed by atoms with Crippen molar-refractivity contribution in [3.8, 4) is 5.75 Å². The number of aromatic nitrogens is 1. The molecule has 1 heterocycles. The van der Waals surface area contributed by atoms with Gasteiger partial charge in [-0.2, -0.15) is 0 Å². The highest BCUT2D eigenvalue weighted by atomic mass is 16.3. The van der Waals surface area contributed by atoms with Gasteiger partial charge in [-0.15, -0.1) is 0 Å². The van der Waals surface area contributed by atoms with Crippen molar-refractivity contribution in [2.75, 3.05) is 0 Å². The summed E-state index contributed by atoms with van der Waals surface area (Å²) in [5.74, 6) is -0.190. The Labute approximate surface area is 131 Å². The Morgan fingerprint density at radius 2 is 1.86 bits per heavy atom. The van der Waals surface area contributed by atoms with Crippen LogP contribution in [-0.2, 0) is 19.6 Å². The first-order chi connectivity index (χ1) is 10.5. The lowest BCUT2D eigenvalue weighted by atomic mass is 10.1. The van der Waals surface area contributed by atoms with E-state index >= 15 is 0 Å². The number of aryl methyl sites for hydroxylation is 1. The van der Waals surface area contributed by atoms with Gasteiger partial charge in [0, 0.05) is 37.4 Å². The van der Waals surface area contributed by atoms with Crippen molar-refractivity contribution < 1.29 is 5.11 Å². The Hall–Kier alpha value is -2.07. The second-order valence-corrected chi connectivity index (χ2v) is 5.78. The highest BCUT2D eigenvalue weighted by molar-refractivity contribution is 5.21. The van der Waals surface area contributed by atoms with Gasteiger partial charge < -0.3 is 9.67 Å². The zero-order valence-electron chi connectivity index (χ0n) is 13.5. The molecule has 0 unspecified atom stereocenters. The maximum atomic E-state index is 11.7. The molecule has 0 spiro atoms. The van der Waals surface area contributed by atoms with Crippen molar-refractivity contribution in [3.05, 3.63) is 64.1 Å². The molecule has 0 amide bonds. The van der Waals surface area contributed by atoms with E-state index in [1.807, 2.05) is 29.7 Å². The summed E-state index contributed by atoms with van der Waals surface area (Å²) in [6.45, 7) is 8.54. The van der Waals surface area contributed by atoms with Crippen molar-refractivity contribution in [2.45, 2.75) is 46.4 Å². The fraction of sp³-hybridized carbons (Fsp3) is 0.389. The molecule has 1 N–H and O–H groups in total. The Morgan fingerprint density at radius 3 is 2.45 bits per heavy atom. The first-order valence-corrected chi connectivity index (χ1v) is 7.71. The zero-order chi connectivity index (χ0) is 16.1. The van der Waals surface area contributed by atoms with Crippen LogP contribution >= 0.6 is 0 Å². The van der Waals surface area contributed by atoms with Crippen molar-refractivity contribution in [3.63, 3.8) is 0 Å². The second-order valence-electron chi connectivity index (χ2n) is 5.78. The smallest absolute Gasteiger partial charge is 0.223 e. The fourth-order valence-electron chi connectivity index (χ4n) is 2.48.